The molecule has 0 spiro atoms. The van der Waals surface area contributed by atoms with Crippen LogP contribution in [0.1, 0.15) is 10.4 Å². The molecular formula is C15H13Cl2NO5S. The summed E-state index contributed by atoms with van der Waals surface area (Å²) in [5.74, 6) is -0.372. The molecule has 2 aromatic carbocycles. The Bertz CT molecular complexity index is 863. The first-order valence-corrected chi connectivity index (χ1v) is 8.76. The summed E-state index contributed by atoms with van der Waals surface area (Å²) in [4.78, 5) is 11.5. The summed E-state index contributed by atoms with van der Waals surface area (Å²) in [5, 5.41) is 0.358. The Hall–Kier alpha value is -1.96. The molecule has 2 aromatic rings. The van der Waals surface area contributed by atoms with Gasteiger partial charge in [-0.25, -0.2) is 13.2 Å². The zero-order valence-corrected chi connectivity index (χ0v) is 15.0. The van der Waals surface area contributed by atoms with E-state index >= 15 is 0 Å². The van der Waals surface area contributed by atoms with Crippen molar-refractivity contribution >= 4 is 44.9 Å². The van der Waals surface area contributed by atoms with Gasteiger partial charge in [0, 0.05) is 10.0 Å². The van der Waals surface area contributed by atoms with Gasteiger partial charge >= 0.3 is 5.97 Å². The molecule has 0 radical (unpaired) electrons. The van der Waals surface area contributed by atoms with E-state index in [1.165, 1.54) is 50.6 Å². The summed E-state index contributed by atoms with van der Waals surface area (Å²) in [6, 6.07) is 8.15. The number of carbonyl (C=O) groups is 1. The number of halogens is 2. The molecule has 1 N–H and O–H groups in total. The van der Waals surface area contributed by atoms with Crippen molar-refractivity contribution in [2.45, 2.75) is 4.90 Å². The fourth-order valence-corrected chi connectivity index (χ4v) is 3.71. The van der Waals surface area contributed by atoms with Gasteiger partial charge < -0.3 is 9.47 Å². The molecule has 0 aliphatic rings. The van der Waals surface area contributed by atoms with Crippen LogP contribution < -0.4 is 9.46 Å². The maximum absolute atomic E-state index is 12.5. The number of hydrogen-bond donors (Lipinski definition) is 1. The van der Waals surface area contributed by atoms with E-state index in [9.17, 15) is 13.2 Å². The smallest absolute Gasteiger partial charge is 0.337 e. The molecular weight excluding hydrogens is 377 g/mol. The third kappa shape index (κ3) is 4.11. The summed E-state index contributed by atoms with van der Waals surface area (Å²) in [7, 11) is -1.39. The van der Waals surface area contributed by atoms with Gasteiger partial charge in [-0.3, -0.25) is 4.72 Å². The molecule has 0 aliphatic heterocycles. The second-order valence-corrected chi connectivity index (χ2v) is 7.17. The standard InChI is InChI=1S/C15H13Cl2NO5S/c1-22-14-4-3-9(15(19)23-2)5-13(14)18-24(20,21)12-7-10(16)6-11(17)8-12/h3-8,18H,1-2H3. The van der Waals surface area contributed by atoms with Crippen LogP contribution in [0.4, 0.5) is 5.69 Å². The highest BCUT2D eigenvalue weighted by Gasteiger charge is 2.19. The number of anilines is 1. The number of ether oxygens (including phenoxy) is 2. The van der Waals surface area contributed by atoms with E-state index in [2.05, 4.69) is 9.46 Å². The number of sulfonamides is 1. The van der Waals surface area contributed by atoms with Crippen molar-refractivity contribution in [1.82, 2.24) is 0 Å². The van der Waals surface area contributed by atoms with Crippen LogP contribution in [0.5, 0.6) is 5.75 Å². The van der Waals surface area contributed by atoms with E-state index in [1.54, 1.807) is 0 Å². The lowest BCUT2D eigenvalue weighted by Crippen LogP contribution is -2.14. The Morgan fingerprint density at radius 3 is 2.21 bits per heavy atom. The topological polar surface area (TPSA) is 81.7 Å². The van der Waals surface area contributed by atoms with E-state index < -0.39 is 16.0 Å². The number of esters is 1. The van der Waals surface area contributed by atoms with Gasteiger partial charge in [0.05, 0.1) is 30.4 Å². The minimum absolute atomic E-state index is 0.0801. The van der Waals surface area contributed by atoms with Gasteiger partial charge in [0.15, 0.2) is 0 Å². The van der Waals surface area contributed by atoms with Gasteiger partial charge in [-0.15, -0.1) is 0 Å². The van der Waals surface area contributed by atoms with Gasteiger partial charge in [0.25, 0.3) is 10.0 Å². The Labute approximate surface area is 149 Å². The number of nitrogens with one attached hydrogen (secondary N) is 1. The zero-order chi connectivity index (χ0) is 17.9. The van der Waals surface area contributed by atoms with Crippen LogP contribution in [0, 0.1) is 0 Å². The first kappa shape index (κ1) is 18.4. The van der Waals surface area contributed by atoms with Crippen molar-refractivity contribution in [3.8, 4) is 5.75 Å². The zero-order valence-electron chi connectivity index (χ0n) is 12.7. The normalized spacial score (nSPS) is 11.0. The van der Waals surface area contributed by atoms with E-state index in [-0.39, 0.29) is 31.9 Å². The van der Waals surface area contributed by atoms with E-state index in [4.69, 9.17) is 27.9 Å². The molecule has 0 fully saturated rings. The predicted octanol–water partition coefficient (Wildman–Crippen LogP) is 3.59. The Morgan fingerprint density at radius 1 is 1.04 bits per heavy atom. The van der Waals surface area contributed by atoms with Crippen molar-refractivity contribution in [3.63, 3.8) is 0 Å². The fourth-order valence-electron chi connectivity index (χ4n) is 1.92. The van der Waals surface area contributed by atoms with Gasteiger partial charge in [-0.1, -0.05) is 23.2 Å². The average Bonchev–Trinajstić information content (AvgIpc) is 2.52. The van der Waals surface area contributed by atoms with Crippen molar-refractivity contribution in [1.29, 1.82) is 0 Å². The monoisotopic (exact) mass is 389 g/mol. The van der Waals surface area contributed by atoms with Crippen molar-refractivity contribution in [3.05, 3.63) is 52.0 Å². The predicted molar refractivity (Wildman–Crippen MR) is 91.6 cm³/mol. The van der Waals surface area contributed by atoms with Crippen molar-refractivity contribution in [2.24, 2.45) is 0 Å². The fraction of sp³-hybridized carbons (Fsp3) is 0.133. The number of hydrogen-bond acceptors (Lipinski definition) is 5. The Morgan fingerprint density at radius 2 is 1.67 bits per heavy atom. The lowest BCUT2D eigenvalue weighted by atomic mass is 10.2. The Kier molecular flexibility index (Phi) is 5.58. The molecule has 0 atom stereocenters. The summed E-state index contributed by atoms with van der Waals surface area (Å²) < 4.78 is 37.1. The SMILES string of the molecule is COC(=O)c1ccc(OC)c(NS(=O)(=O)c2cc(Cl)cc(Cl)c2)c1. The van der Waals surface area contributed by atoms with Gasteiger partial charge in [0.2, 0.25) is 0 Å². The highest BCUT2D eigenvalue weighted by molar-refractivity contribution is 7.92. The molecule has 0 aromatic heterocycles. The van der Waals surface area contributed by atoms with Gasteiger partial charge in [-0.05, 0) is 36.4 Å². The van der Waals surface area contributed by atoms with E-state index in [0.717, 1.165) is 0 Å². The highest BCUT2D eigenvalue weighted by Crippen LogP contribution is 2.30. The van der Waals surface area contributed by atoms with Crippen LogP contribution in [0.3, 0.4) is 0 Å². The highest BCUT2D eigenvalue weighted by atomic mass is 35.5. The molecule has 6 nitrogen and oxygen atoms in total. The van der Waals surface area contributed by atoms with Gasteiger partial charge in [0.1, 0.15) is 5.75 Å². The second-order valence-electron chi connectivity index (χ2n) is 4.62. The summed E-state index contributed by atoms with van der Waals surface area (Å²) >= 11 is 11.7. The summed E-state index contributed by atoms with van der Waals surface area (Å²) in [5.41, 5.74) is 0.247. The molecule has 0 heterocycles. The van der Waals surface area contributed by atoms with Gasteiger partial charge in [-0.2, -0.15) is 0 Å². The largest absolute Gasteiger partial charge is 0.495 e. The number of rotatable bonds is 5. The van der Waals surface area contributed by atoms with E-state index in [0.29, 0.717) is 0 Å². The lowest BCUT2D eigenvalue weighted by Gasteiger charge is -2.13. The third-order valence-corrected chi connectivity index (χ3v) is 4.79. The molecule has 24 heavy (non-hydrogen) atoms. The van der Waals surface area contributed by atoms with Crippen LogP contribution in [-0.4, -0.2) is 28.6 Å². The third-order valence-electron chi connectivity index (χ3n) is 3.01. The van der Waals surface area contributed by atoms with Crippen LogP contribution >= 0.6 is 23.2 Å². The minimum atomic E-state index is -3.99. The molecule has 0 amide bonds. The number of carbonyl (C=O) groups excluding carboxylic acids is 1. The molecule has 128 valence electrons. The maximum atomic E-state index is 12.5. The number of benzene rings is 2. The molecule has 2 rings (SSSR count). The molecule has 0 aliphatic carbocycles. The summed E-state index contributed by atoms with van der Waals surface area (Å²) in [6.07, 6.45) is 0. The molecule has 0 unspecified atom stereocenters. The Balaban J connectivity index is 2.46. The van der Waals surface area contributed by atoms with Crippen LogP contribution in [0.15, 0.2) is 41.3 Å². The van der Waals surface area contributed by atoms with E-state index in [1.807, 2.05) is 0 Å². The first-order valence-electron chi connectivity index (χ1n) is 6.52. The molecule has 0 saturated heterocycles. The second kappa shape index (κ2) is 7.29. The van der Waals surface area contributed by atoms with Crippen LogP contribution in [-0.2, 0) is 14.8 Å². The maximum Gasteiger partial charge on any atom is 0.337 e. The minimum Gasteiger partial charge on any atom is -0.495 e. The van der Waals surface area contributed by atoms with Crippen molar-refractivity contribution in [2.75, 3.05) is 18.9 Å². The molecule has 0 saturated carbocycles. The van der Waals surface area contributed by atoms with Crippen LogP contribution in [0.2, 0.25) is 10.0 Å². The van der Waals surface area contributed by atoms with Crippen LogP contribution in [0.25, 0.3) is 0 Å². The first-order chi connectivity index (χ1) is 11.3. The quantitative estimate of drug-likeness (QED) is 0.790. The summed E-state index contributed by atoms with van der Waals surface area (Å²) in [6.45, 7) is 0. The average molecular weight is 390 g/mol. The lowest BCUT2D eigenvalue weighted by molar-refractivity contribution is 0.0600. The molecule has 9 heteroatoms. The number of methoxy groups -OCH3 is 2. The van der Waals surface area contributed by atoms with Crippen molar-refractivity contribution < 1.29 is 22.7 Å². The molecule has 0 bridgehead atoms.